The zero-order chi connectivity index (χ0) is 7.40. The van der Waals surface area contributed by atoms with E-state index < -0.39 is 0 Å². The van der Waals surface area contributed by atoms with Gasteiger partial charge in [0.1, 0.15) is 0 Å². The van der Waals surface area contributed by atoms with Crippen LogP contribution in [-0.2, 0) is 0 Å². The second-order valence-electron chi connectivity index (χ2n) is 3.12. The number of piperidine rings is 1. The van der Waals surface area contributed by atoms with Crippen molar-refractivity contribution in [1.82, 2.24) is 4.90 Å². The molecular weight excluding hydrogens is 124 g/mol. The Kier molecular flexibility index (Phi) is 2.72. The molecule has 1 aliphatic heterocycles. The first-order chi connectivity index (χ1) is 4.83. The molecule has 1 heterocycles. The third-order valence-corrected chi connectivity index (χ3v) is 1.97. The first-order valence-corrected chi connectivity index (χ1v) is 3.99. The van der Waals surface area contributed by atoms with Crippen molar-refractivity contribution in [2.75, 3.05) is 20.1 Å². The zero-order valence-electron chi connectivity index (χ0n) is 6.88. The molecule has 1 fully saturated rings. The Balaban J connectivity index is 2.32. The van der Waals surface area contributed by atoms with Crippen LogP contribution in [0.15, 0.2) is 4.99 Å². The summed E-state index contributed by atoms with van der Waals surface area (Å²) >= 11 is 0. The summed E-state index contributed by atoms with van der Waals surface area (Å²) in [5, 5.41) is 0. The Hall–Kier alpha value is -0.530. The van der Waals surface area contributed by atoms with E-state index in [1.165, 1.54) is 25.9 Å². The van der Waals surface area contributed by atoms with Gasteiger partial charge in [-0.1, -0.05) is 6.92 Å². The molecule has 10 heavy (non-hydrogen) atoms. The summed E-state index contributed by atoms with van der Waals surface area (Å²) in [7, 11) is 1.83. The van der Waals surface area contributed by atoms with Crippen LogP contribution in [0, 0.1) is 5.92 Å². The van der Waals surface area contributed by atoms with Crippen molar-refractivity contribution in [3.63, 3.8) is 0 Å². The van der Waals surface area contributed by atoms with Gasteiger partial charge >= 0.3 is 0 Å². The molecule has 0 aromatic rings. The molecule has 1 atom stereocenters. The topological polar surface area (TPSA) is 15.6 Å². The molecule has 2 heteroatoms. The molecule has 58 valence electrons. The Morgan fingerprint density at radius 2 is 2.40 bits per heavy atom. The van der Waals surface area contributed by atoms with E-state index in [1.807, 2.05) is 13.4 Å². The Morgan fingerprint density at radius 3 is 3.00 bits per heavy atom. The predicted molar refractivity (Wildman–Crippen MR) is 44.4 cm³/mol. The summed E-state index contributed by atoms with van der Waals surface area (Å²) in [6.45, 7) is 4.69. The fourth-order valence-electron chi connectivity index (χ4n) is 1.49. The second-order valence-corrected chi connectivity index (χ2v) is 3.12. The van der Waals surface area contributed by atoms with Gasteiger partial charge in [0.15, 0.2) is 0 Å². The maximum atomic E-state index is 3.99. The number of hydrogen-bond acceptors (Lipinski definition) is 1. The Bertz CT molecular complexity index is 120. The van der Waals surface area contributed by atoms with Crippen LogP contribution < -0.4 is 0 Å². The quantitative estimate of drug-likeness (QED) is 0.397. The van der Waals surface area contributed by atoms with Crippen LogP contribution in [0.3, 0.4) is 0 Å². The first kappa shape index (κ1) is 7.58. The van der Waals surface area contributed by atoms with Gasteiger partial charge in [-0.15, -0.1) is 0 Å². The minimum absolute atomic E-state index is 0.853. The number of nitrogens with zero attached hydrogens (tertiary/aromatic N) is 2. The van der Waals surface area contributed by atoms with Crippen molar-refractivity contribution in [2.45, 2.75) is 19.8 Å². The molecule has 0 aromatic carbocycles. The average Bonchev–Trinajstić information content (AvgIpc) is 1.88. The maximum Gasteiger partial charge on any atom is 0.0846 e. The van der Waals surface area contributed by atoms with Crippen molar-refractivity contribution in [1.29, 1.82) is 0 Å². The molecule has 1 aliphatic rings. The highest BCUT2D eigenvalue weighted by Gasteiger charge is 2.12. The van der Waals surface area contributed by atoms with E-state index in [0.717, 1.165) is 5.92 Å². The van der Waals surface area contributed by atoms with Crippen LogP contribution in [0.25, 0.3) is 0 Å². The van der Waals surface area contributed by atoms with E-state index in [-0.39, 0.29) is 0 Å². The Labute approximate surface area is 62.9 Å². The lowest BCUT2D eigenvalue weighted by atomic mass is 10.0. The zero-order valence-corrected chi connectivity index (χ0v) is 6.88. The van der Waals surface area contributed by atoms with Crippen LogP contribution in [0.4, 0.5) is 0 Å². The fourth-order valence-corrected chi connectivity index (χ4v) is 1.49. The van der Waals surface area contributed by atoms with Gasteiger partial charge in [-0.05, 0) is 18.8 Å². The molecule has 0 aliphatic carbocycles. The summed E-state index contributed by atoms with van der Waals surface area (Å²) in [6, 6.07) is 0. The van der Waals surface area contributed by atoms with Crippen molar-refractivity contribution >= 4 is 6.34 Å². The normalized spacial score (nSPS) is 27.8. The van der Waals surface area contributed by atoms with Gasteiger partial charge in [-0.2, -0.15) is 0 Å². The van der Waals surface area contributed by atoms with E-state index in [0.29, 0.717) is 0 Å². The van der Waals surface area contributed by atoms with Crippen LogP contribution >= 0.6 is 0 Å². The SMILES string of the molecule is C/N=C/N1CCCC(C)C1. The highest BCUT2D eigenvalue weighted by Crippen LogP contribution is 2.13. The molecule has 0 bridgehead atoms. The van der Waals surface area contributed by atoms with Crippen LogP contribution in [0.5, 0.6) is 0 Å². The van der Waals surface area contributed by atoms with Gasteiger partial charge in [0, 0.05) is 20.1 Å². The summed E-state index contributed by atoms with van der Waals surface area (Å²) in [4.78, 5) is 6.29. The third kappa shape index (κ3) is 2.01. The molecule has 0 amide bonds. The van der Waals surface area contributed by atoms with Gasteiger partial charge in [0.2, 0.25) is 0 Å². The number of hydrogen-bond donors (Lipinski definition) is 0. The molecule has 2 nitrogen and oxygen atoms in total. The smallest absolute Gasteiger partial charge is 0.0846 e. The third-order valence-electron chi connectivity index (χ3n) is 1.97. The van der Waals surface area contributed by atoms with Gasteiger partial charge in [0.05, 0.1) is 6.34 Å². The molecule has 0 aromatic heterocycles. The summed E-state index contributed by atoms with van der Waals surface area (Å²) < 4.78 is 0. The molecule has 0 N–H and O–H groups in total. The van der Waals surface area contributed by atoms with Crippen molar-refractivity contribution in [3.8, 4) is 0 Å². The van der Waals surface area contributed by atoms with Crippen LogP contribution in [0.2, 0.25) is 0 Å². The van der Waals surface area contributed by atoms with Crippen LogP contribution in [-0.4, -0.2) is 31.4 Å². The van der Waals surface area contributed by atoms with E-state index >= 15 is 0 Å². The van der Waals surface area contributed by atoms with Crippen LogP contribution in [0.1, 0.15) is 19.8 Å². The number of aliphatic imine (C=N–C) groups is 1. The Morgan fingerprint density at radius 1 is 1.60 bits per heavy atom. The minimum atomic E-state index is 0.853. The summed E-state index contributed by atoms with van der Waals surface area (Å²) in [6.07, 6.45) is 4.66. The average molecular weight is 140 g/mol. The summed E-state index contributed by atoms with van der Waals surface area (Å²) in [5.41, 5.74) is 0. The lowest BCUT2D eigenvalue weighted by molar-refractivity contribution is 0.279. The van der Waals surface area contributed by atoms with Crippen molar-refractivity contribution < 1.29 is 0 Å². The van der Waals surface area contributed by atoms with Gasteiger partial charge in [-0.3, -0.25) is 4.99 Å². The van der Waals surface area contributed by atoms with Gasteiger partial charge < -0.3 is 4.90 Å². The van der Waals surface area contributed by atoms with E-state index in [4.69, 9.17) is 0 Å². The highest BCUT2D eigenvalue weighted by molar-refractivity contribution is 5.54. The van der Waals surface area contributed by atoms with Crippen molar-refractivity contribution in [3.05, 3.63) is 0 Å². The highest BCUT2D eigenvalue weighted by atomic mass is 15.1. The number of likely N-dealkylation sites (tertiary alicyclic amines) is 1. The first-order valence-electron chi connectivity index (χ1n) is 3.99. The maximum absolute atomic E-state index is 3.99. The fraction of sp³-hybridized carbons (Fsp3) is 0.875. The molecule has 0 saturated carbocycles. The minimum Gasteiger partial charge on any atom is -0.363 e. The monoisotopic (exact) mass is 140 g/mol. The lowest BCUT2D eigenvalue weighted by Crippen LogP contribution is -2.32. The standard InChI is InChI=1S/C8H16N2/c1-8-4-3-5-10(6-8)7-9-2/h7-8H,3-6H2,1-2H3/b9-7+. The lowest BCUT2D eigenvalue weighted by Gasteiger charge is -2.28. The number of rotatable bonds is 1. The molecule has 0 spiro atoms. The molecular formula is C8H16N2. The van der Waals surface area contributed by atoms with Gasteiger partial charge in [-0.25, -0.2) is 0 Å². The molecule has 1 saturated heterocycles. The largest absolute Gasteiger partial charge is 0.363 e. The summed E-state index contributed by atoms with van der Waals surface area (Å²) in [5.74, 6) is 0.853. The molecule has 1 rings (SSSR count). The van der Waals surface area contributed by atoms with E-state index in [2.05, 4.69) is 16.8 Å². The van der Waals surface area contributed by atoms with Gasteiger partial charge in [0.25, 0.3) is 0 Å². The molecule has 0 radical (unpaired) electrons. The van der Waals surface area contributed by atoms with E-state index in [1.54, 1.807) is 0 Å². The second kappa shape index (κ2) is 3.59. The predicted octanol–water partition coefficient (Wildman–Crippen LogP) is 1.38. The van der Waals surface area contributed by atoms with Crippen molar-refractivity contribution in [2.24, 2.45) is 10.9 Å². The van der Waals surface area contributed by atoms with E-state index in [9.17, 15) is 0 Å². The molecule has 1 unspecified atom stereocenters.